The molecule has 9 heteroatoms. The first-order valence-electron chi connectivity index (χ1n) is 11.1. The van der Waals surface area contributed by atoms with Crippen LogP contribution in [-0.4, -0.2) is 34.9 Å². The third-order valence-electron chi connectivity index (χ3n) is 6.89. The predicted octanol–water partition coefficient (Wildman–Crippen LogP) is 5.53. The van der Waals surface area contributed by atoms with Gasteiger partial charge in [-0.1, -0.05) is 12.2 Å². The van der Waals surface area contributed by atoms with Crippen LogP contribution >= 0.6 is 22.6 Å². The molecule has 2 aromatic rings. The molecule has 34 heavy (non-hydrogen) atoms. The van der Waals surface area contributed by atoms with Gasteiger partial charge in [-0.2, -0.15) is 13.2 Å². The Morgan fingerprint density at radius 1 is 1.21 bits per heavy atom. The summed E-state index contributed by atoms with van der Waals surface area (Å²) in [4.78, 5) is 13.5. The molecule has 2 unspecified atom stereocenters. The number of rotatable bonds is 6. The highest BCUT2D eigenvalue weighted by molar-refractivity contribution is 14.1. The van der Waals surface area contributed by atoms with Gasteiger partial charge in [-0.05, 0) is 96.2 Å². The molecule has 0 aromatic heterocycles. The smallest absolute Gasteiger partial charge is 0.471 e. The number of benzene rings is 2. The Morgan fingerprint density at radius 3 is 2.59 bits per heavy atom. The minimum absolute atomic E-state index is 0.0169. The van der Waals surface area contributed by atoms with E-state index in [-0.39, 0.29) is 24.1 Å². The fourth-order valence-electron chi connectivity index (χ4n) is 5.58. The molecule has 1 saturated carbocycles. The molecule has 3 N–H and O–H groups in total. The molecule has 2 aliphatic rings. The van der Waals surface area contributed by atoms with E-state index in [1.54, 1.807) is 12.1 Å². The van der Waals surface area contributed by atoms with Crippen molar-refractivity contribution in [1.29, 1.82) is 0 Å². The maximum atomic E-state index is 12.6. The molecule has 1 aliphatic heterocycles. The summed E-state index contributed by atoms with van der Waals surface area (Å²) in [6.45, 7) is 4.79. The number of phenols is 2. The van der Waals surface area contributed by atoms with Gasteiger partial charge < -0.3 is 20.4 Å². The number of nitrogens with one attached hydrogen (secondary N) is 1. The van der Waals surface area contributed by atoms with Gasteiger partial charge in [0, 0.05) is 39.9 Å². The van der Waals surface area contributed by atoms with E-state index >= 15 is 0 Å². The summed E-state index contributed by atoms with van der Waals surface area (Å²) in [5, 5.41) is 21.9. The minimum Gasteiger partial charge on any atom is -0.508 e. The van der Waals surface area contributed by atoms with Crippen LogP contribution in [0.5, 0.6) is 11.5 Å². The number of carbonyl (C=O) groups is 1. The van der Waals surface area contributed by atoms with Crippen molar-refractivity contribution in [3.8, 4) is 11.5 Å². The zero-order valence-corrected chi connectivity index (χ0v) is 20.6. The first-order chi connectivity index (χ1) is 16.0. The fourth-order valence-corrected chi connectivity index (χ4v) is 6.07. The number of amides is 1. The average Bonchev–Trinajstić information content (AvgIpc) is 3.00. The monoisotopic (exact) mass is 586 g/mol. The van der Waals surface area contributed by atoms with Gasteiger partial charge in [0.15, 0.2) is 0 Å². The third-order valence-corrected chi connectivity index (χ3v) is 7.56. The first-order valence-corrected chi connectivity index (χ1v) is 12.2. The molecule has 0 radical (unpaired) electrons. The van der Waals surface area contributed by atoms with E-state index in [4.69, 9.17) is 0 Å². The van der Waals surface area contributed by atoms with E-state index in [0.717, 1.165) is 45.2 Å². The third kappa shape index (κ3) is 4.58. The second-order valence-corrected chi connectivity index (χ2v) is 10.2. The largest absolute Gasteiger partial charge is 0.508 e. The Hall–Kier alpha value is -2.43. The van der Waals surface area contributed by atoms with Crippen molar-refractivity contribution in [3.63, 3.8) is 0 Å². The second-order valence-electron chi connectivity index (χ2n) is 8.99. The molecule has 0 bridgehead atoms. The van der Waals surface area contributed by atoms with Gasteiger partial charge in [0.2, 0.25) is 0 Å². The summed E-state index contributed by atoms with van der Waals surface area (Å²) >= 11 is 2.26. The van der Waals surface area contributed by atoms with Crippen molar-refractivity contribution < 1.29 is 28.2 Å². The van der Waals surface area contributed by atoms with Crippen LogP contribution in [0.1, 0.15) is 43.2 Å². The number of phenolic OH excluding ortho intramolecular Hbond substituents is 2. The lowest BCUT2D eigenvalue weighted by molar-refractivity contribution is -0.173. The highest BCUT2D eigenvalue weighted by Crippen LogP contribution is 2.57. The van der Waals surface area contributed by atoms with E-state index in [0.29, 0.717) is 19.4 Å². The molecule has 5 nitrogen and oxygen atoms in total. The molecular formula is C25H26F3IN2O3. The van der Waals surface area contributed by atoms with Crippen LogP contribution in [0.4, 0.5) is 18.9 Å². The minimum atomic E-state index is -4.89. The second kappa shape index (κ2) is 9.31. The molecule has 2 atom stereocenters. The van der Waals surface area contributed by atoms with Crippen molar-refractivity contribution >= 4 is 34.2 Å². The van der Waals surface area contributed by atoms with Gasteiger partial charge in [-0.25, -0.2) is 0 Å². The van der Waals surface area contributed by atoms with Crippen LogP contribution in [0.2, 0.25) is 0 Å². The number of alkyl halides is 3. The molecule has 2 aromatic carbocycles. The maximum Gasteiger partial charge on any atom is 0.471 e. The summed E-state index contributed by atoms with van der Waals surface area (Å²) in [6, 6.07) is 10.7. The van der Waals surface area contributed by atoms with E-state index in [2.05, 4.69) is 46.2 Å². The lowest BCUT2D eigenvalue weighted by Crippen LogP contribution is -2.48. The van der Waals surface area contributed by atoms with Crippen LogP contribution in [0, 0.1) is 3.57 Å². The van der Waals surface area contributed by atoms with Crippen LogP contribution in [0.15, 0.2) is 48.6 Å². The zero-order chi connectivity index (χ0) is 24.7. The Labute approximate surface area is 209 Å². The average molecular weight is 586 g/mol. The van der Waals surface area contributed by atoms with E-state index < -0.39 is 17.5 Å². The maximum absolute atomic E-state index is 12.6. The van der Waals surface area contributed by atoms with Crippen molar-refractivity contribution in [2.45, 2.75) is 56.3 Å². The summed E-state index contributed by atoms with van der Waals surface area (Å²) < 4.78 is 38.8. The van der Waals surface area contributed by atoms with E-state index in [9.17, 15) is 28.2 Å². The van der Waals surface area contributed by atoms with Gasteiger partial charge in [-0.3, -0.25) is 4.79 Å². The predicted molar refractivity (Wildman–Crippen MR) is 132 cm³/mol. The van der Waals surface area contributed by atoms with E-state index in [1.807, 2.05) is 11.4 Å². The number of aromatic hydroxyl groups is 2. The Morgan fingerprint density at radius 2 is 1.91 bits per heavy atom. The topological polar surface area (TPSA) is 72.8 Å². The first kappa shape index (κ1) is 24.7. The highest BCUT2D eigenvalue weighted by Gasteiger charge is 2.53. The molecule has 1 aliphatic carbocycles. The number of anilines is 1. The Balaban J connectivity index is 1.67. The molecule has 0 spiro atoms. The fraction of sp³-hybridized carbons (Fsp3) is 0.400. The molecule has 182 valence electrons. The molecule has 1 heterocycles. The molecule has 4 rings (SSSR count). The van der Waals surface area contributed by atoms with Crippen LogP contribution in [0.25, 0.3) is 0 Å². The van der Waals surface area contributed by atoms with Gasteiger partial charge in [0.25, 0.3) is 0 Å². The summed E-state index contributed by atoms with van der Waals surface area (Å²) in [5.74, 6) is -1.95. The lowest BCUT2D eigenvalue weighted by Gasteiger charge is -2.45. The number of hydrogen-bond donors (Lipinski definition) is 3. The molecule has 1 amide bonds. The van der Waals surface area contributed by atoms with Gasteiger partial charge in [-0.15, -0.1) is 0 Å². The van der Waals surface area contributed by atoms with Crippen molar-refractivity contribution in [2.75, 3.05) is 11.4 Å². The van der Waals surface area contributed by atoms with Crippen LogP contribution < -0.4 is 10.2 Å². The zero-order valence-electron chi connectivity index (χ0n) is 18.5. The Bertz CT molecular complexity index is 1100. The van der Waals surface area contributed by atoms with Gasteiger partial charge >= 0.3 is 12.1 Å². The molecular weight excluding hydrogens is 560 g/mol. The number of nitrogens with zero attached hydrogens (tertiary/aromatic N) is 1. The standard InChI is InChI=1S/C25H26F3IN2O3/c1-15-4-2-5-22-24(15,8-3-9-30-23(34)25(26,27)28)20-12-17(29)6-7-21(20)31(22)14-16-10-18(32)13-19(33)11-16/h6-7,10-13,22,32-33H,1-5,8-9,14H2,(H,30,34). The SMILES string of the molecule is C=C1CCCC2N(Cc3cc(O)cc(O)c3)c3ccc(I)cc3C12CCCNC(=O)C(F)(F)F. The quantitative estimate of drug-likeness (QED) is 0.237. The van der Waals surface area contributed by atoms with Crippen LogP contribution in [-0.2, 0) is 16.8 Å². The van der Waals surface area contributed by atoms with Crippen LogP contribution in [0.3, 0.4) is 0 Å². The number of halogens is 4. The van der Waals surface area contributed by atoms with E-state index in [1.165, 1.54) is 6.07 Å². The molecule has 1 fully saturated rings. The number of carbonyl (C=O) groups excluding carboxylic acids is 1. The Kier molecular flexibility index (Phi) is 6.76. The highest BCUT2D eigenvalue weighted by atomic mass is 127. The van der Waals surface area contributed by atoms with Crippen molar-refractivity contribution in [3.05, 3.63) is 63.2 Å². The normalized spacial score (nSPS) is 21.8. The summed E-state index contributed by atoms with van der Waals surface area (Å²) in [5.41, 5.74) is 3.48. The van der Waals surface area contributed by atoms with Gasteiger partial charge in [0.05, 0.1) is 0 Å². The van der Waals surface area contributed by atoms with Crippen molar-refractivity contribution in [1.82, 2.24) is 5.32 Å². The summed E-state index contributed by atoms with van der Waals surface area (Å²) in [6.07, 6.45) is -1.30. The summed E-state index contributed by atoms with van der Waals surface area (Å²) in [7, 11) is 0. The van der Waals surface area contributed by atoms with Crippen molar-refractivity contribution in [2.24, 2.45) is 0 Å². The number of hydrogen-bond acceptors (Lipinski definition) is 4. The number of fused-ring (bicyclic) bond motifs is 3. The lowest BCUT2D eigenvalue weighted by atomic mass is 9.63. The van der Waals surface area contributed by atoms with Gasteiger partial charge in [0.1, 0.15) is 11.5 Å². The molecule has 0 saturated heterocycles.